The molecule has 5 heteroatoms. The van der Waals surface area contributed by atoms with Crippen molar-refractivity contribution in [3.8, 4) is 0 Å². The molecule has 0 saturated carbocycles. The van der Waals surface area contributed by atoms with Gasteiger partial charge in [0, 0.05) is 31.2 Å². The lowest BCUT2D eigenvalue weighted by Crippen LogP contribution is -2.31. The van der Waals surface area contributed by atoms with E-state index in [2.05, 4.69) is 34.0 Å². The van der Waals surface area contributed by atoms with E-state index in [-0.39, 0.29) is 5.91 Å². The van der Waals surface area contributed by atoms with Crippen LogP contribution in [0.1, 0.15) is 54.9 Å². The number of anilines is 2. The molecule has 1 aromatic carbocycles. The highest BCUT2D eigenvalue weighted by Crippen LogP contribution is 2.24. The van der Waals surface area contributed by atoms with E-state index in [1.807, 2.05) is 24.3 Å². The number of hydrogen-bond donors (Lipinski definition) is 1. The summed E-state index contributed by atoms with van der Waals surface area (Å²) in [7, 11) is 0. The molecule has 1 aliphatic rings. The molecule has 0 bridgehead atoms. The molecule has 2 heterocycles. The first kappa shape index (κ1) is 16.4. The van der Waals surface area contributed by atoms with E-state index < -0.39 is 0 Å². The Balaban J connectivity index is 1.71. The van der Waals surface area contributed by atoms with Crippen molar-refractivity contribution in [2.24, 2.45) is 0 Å². The third-order valence-electron chi connectivity index (χ3n) is 4.37. The average molecular weight is 324 g/mol. The Morgan fingerprint density at radius 1 is 1.08 bits per heavy atom. The molecule has 1 N–H and O–H groups in total. The minimum Gasteiger partial charge on any atom is -0.341 e. The molecule has 1 amide bonds. The zero-order chi connectivity index (χ0) is 16.9. The van der Waals surface area contributed by atoms with Gasteiger partial charge in [-0.3, -0.25) is 4.79 Å². The van der Waals surface area contributed by atoms with Crippen molar-refractivity contribution in [2.45, 2.75) is 39.0 Å². The summed E-state index contributed by atoms with van der Waals surface area (Å²) in [6.07, 6.45) is 6.86. The molecule has 1 aliphatic heterocycles. The van der Waals surface area contributed by atoms with E-state index in [0.29, 0.717) is 17.4 Å². The van der Waals surface area contributed by atoms with Crippen molar-refractivity contribution in [1.82, 2.24) is 9.97 Å². The van der Waals surface area contributed by atoms with Crippen LogP contribution >= 0.6 is 0 Å². The second kappa shape index (κ2) is 7.43. The second-order valence-corrected chi connectivity index (χ2v) is 6.52. The first-order valence-electron chi connectivity index (χ1n) is 8.62. The number of hydrogen-bond acceptors (Lipinski definition) is 4. The van der Waals surface area contributed by atoms with Gasteiger partial charge in [0.25, 0.3) is 5.91 Å². The van der Waals surface area contributed by atoms with Gasteiger partial charge in [0.1, 0.15) is 0 Å². The highest BCUT2D eigenvalue weighted by atomic mass is 16.1. The van der Waals surface area contributed by atoms with Gasteiger partial charge in [-0.25, -0.2) is 9.97 Å². The number of benzene rings is 1. The average Bonchev–Trinajstić information content (AvgIpc) is 2.63. The Kier molecular flexibility index (Phi) is 5.08. The zero-order valence-corrected chi connectivity index (χ0v) is 14.3. The van der Waals surface area contributed by atoms with Crippen molar-refractivity contribution in [3.63, 3.8) is 0 Å². The minimum absolute atomic E-state index is 0.173. The van der Waals surface area contributed by atoms with Crippen molar-refractivity contribution in [3.05, 3.63) is 47.8 Å². The van der Waals surface area contributed by atoms with Crippen LogP contribution in [0.5, 0.6) is 0 Å². The van der Waals surface area contributed by atoms with Gasteiger partial charge in [-0.05, 0) is 36.8 Å². The maximum Gasteiger partial charge on any atom is 0.258 e. The normalized spacial score (nSPS) is 14.7. The Bertz CT molecular complexity index is 691. The molecule has 1 saturated heterocycles. The molecule has 5 nitrogen and oxygen atoms in total. The van der Waals surface area contributed by atoms with Crippen molar-refractivity contribution < 1.29 is 4.79 Å². The number of piperidine rings is 1. The van der Waals surface area contributed by atoms with Crippen molar-refractivity contribution in [2.75, 3.05) is 23.3 Å². The van der Waals surface area contributed by atoms with Crippen LogP contribution in [-0.2, 0) is 0 Å². The summed E-state index contributed by atoms with van der Waals surface area (Å²) in [5, 5.41) is 2.97. The SMILES string of the molecule is CC(C)c1ccccc1NC(=O)c1cnc(N2CCCCC2)nc1. The standard InChI is InChI=1S/C19H24N4O/c1-14(2)16-8-4-5-9-17(16)22-18(24)15-12-20-19(21-13-15)23-10-6-3-7-11-23/h4-5,8-9,12-14H,3,6-7,10-11H2,1-2H3,(H,22,24). The molecule has 3 rings (SSSR count). The largest absolute Gasteiger partial charge is 0.341 e. The summed E-state index contributed by atoms with van der Waals surface area (Å²) in [5.41, 5.74) is 2.45. The minimum atomic E-state index is -0.173. The van der Waals surface area contributed by atoms with Crippen LogP contribution < -0.4 is 10.2 Å². The third kappa shape index (κ3) is 3.72. The molecule has 0 spiro atoms. The summed E-state index contributed by atoms with van der Waals surface area (Å²) in [6, 6.07) is 7.88. The molecule has 0 aliphatic carbocycles. The Hall–Kier alpha value is -2.43. The fourth-order valence-electron chi connectivity index (χ4n) is 3.00. The van der Waals surface area contributed by atoms with Crippen LogP contribution in [-0.4, -0.2) is 29.0 Å². The lowest BCUT2D eigenvalue weighted by molar-refractivity contribution is 0.102. The van der Waals surface area contributed by atoms with Crippen LogP contribution in [0.25, 0.3) is 0 Å². The van der Waals surface area contributed by atoms with E-state index in [4.69, 9.17) is 0 Å². The fourth-order valence-corrected chi connectivity index (χ4v) is 3.00. The molecule has 0 atom stereocenters. The van der Waals surface area contributed by atoms with Crippen LogP contribution in [0, 0.1) is 0 Å². The molecule has 1 fully saturated rings. The van der Waals surface area contributed by atoms with Crippen LogP contribution in [0.2, 0.25) is 0 Å². The highest BCUT2D eigenvalue weighted by Gasteiger charge is 2.15. The number of nitrogens with one attached hydrogen (secondary N) is 1. The summed E-state index contributed by atoms with van der Waals surface area (Å²) >= 11 is 0. The summed E-state index contributed by atoms with van der Waals surface area (Å²) in [5.74, 6) is 0.890. The predicted molar refractivity (Wildman–Crippen MR) is 96.6 cm³/mol. The number of aromatic nitrogens is 2. The number of carbonyl (C=O) groups is 1. The van der Waals surface area contributed by atoms with E-state index in [1.165, 1.54) is 19.3 Å². The molecule has 0 radical (unpaired) electrons. The molecule has 1 aromatic heterocycles. The van der Waals surface area contributed by atoms with E-state index in [0.717, 1.165) is 24.3 Å². The monoisotopic (exact) mass is 324 g/mol. The molecule has 2 aromatic rings. The van der Waals surface area contributed by atoms with Crippen LogP contribution in [0.15, 0.2) is 36.7 Å². The van der Waals surface area contributed by atoms with Crippen molar-refractivity contribution >= 4 is 17.5 Å². The van der Waals surface area contributed by atoms with Crippen LogP contribution in [0.3, 0.4) is 0 Å². The van der Waals surface area contributed by atoms with Gasteiger partial charge >= 0.3 is 0 Å². The number of carbonyl (C=O) groups excluding carboxylic acids is 1. The lowest BCUT2D eigenvalue weighted by atomic mass is 10.0. The second-order valence-electron chi connectivity index (χ2n) is 6.52. The maximum absolute atomic E-state index is 12.5. The van der Waals surface area contributed by atoms with Crippen LogP contribution in [0.4, 0.5) is 11.6 Å². The van der Waals surface area contributed by atoms with Crippen molar-refractivity contribution in [1.29, 1.82) is 0 Å². The first-order chi connectivity index (χ1) is 11.6. The Labute approximate surface area is 143 Å². The highest BCUT2D eigenvalue weighted by molar-refractivity contribution is 6.04. The quantitative estimate of drug-likeness (QED) is 0.928. The number of para-hydroxylation sites is 1. The van der Waals surface area contributed by atoms with E-state index >= 15 is 0 Å². The summed E-state index contributed by atoms with van der Waals surface area (Å²) < 4.78 is 0. The van der Waals surface area contributed by atoms with Gasteiger partial charge in [0.15, 0.2) is 0 Å². The number of rotatable bonds is 4. The van der Waals surface area contributed by atoms with Gasteiger partial charge < -0.3 is 10.2 Å². The Morgan fingerprint density at radius 2 is 1.75 bits per heavy atom. The van der Waals surface area contributed by atoms with E-state index in [9.17, 15) is 4.79 Å². The fraction of sp³-hybridized carbons (Fsp3) is 0.421. The summed E-state index contributed by atoms with van der Waals surface area (Å²) in [6.45, 7) is 6.21. The number of amides is 1. The molecule has 24 heavy (non-hydrogen) atoms. The lowest BCUT2D eigenvalue weighted by Gasteiger charge is -2.26. The molecule has 0 unspecified atom stereocenters. The predicted octanol–water partition coefficient (Wildman–Crippen LogP) is 3.84. The molecular formula is C19H24N4O. The van der Waals surface area contributed by atoms with Gasteiger partial charge in [-0.1, -0.05) is 32.0 Å². The van der Waals surface area contributed by atoms with Gasteiger partial charge in [-0.2, -0.15) is 0 Å². The number of nitrogens with zero attached hydrogens (tertiary/aromatic N) is 3. The van der Waals surface area contributed by atoms with E-state index in [1.54, 1.807) is 12.4 Å². The topological polar surface area (TPSA) is 58.1 Å². The van der Waals surface area contributed by atoms with Gasteiger partial charge in [0.05, 0.1) is 5.56 Å². The smallest absolute Gasteiger partial charge is 0.258 e. The Morgan fingerprint density at radius 3 is 2.42 bits per heavy atom. The summed E-state index contributed by atoms with van der Waals surface area (Å²) in [4.78, 5) is 23.4. The van der Waals surface area contributed by atoms with Gasteiger partial charge in [-0.15, -0.1) is 0 Å². The first-order valence-corrected chi connectivity index (χ1v) is 8.62. The van der Waals surface area contributed by atoms with Gasteiger partial charge in [0.2, 0.25) is 5.95 Å². The zero-order valence-electron chi connectivity index (χ0n) is 14.3. The molecular weight excluding hydrogens is 300 g/mol. The molecule has 126 valence electrons. The third-order valence-corrected chi connectivity index (χ3v) is 4.37. The maximum atomic E-state index is 12.5.